The molecule has 1 fully saturated rings. The van der Waals surface area contributed by atoms with Crippen LogP contribution in [0.1, 0.15) is 88.0 Å². The molecule has 0 aliphatic carbocycles. The van der Waals surface area contributed by atoms with Crippen molar-refractivity contribution in [2.24, 2.45) is 22.7 Å². The number of hydrogen-bond acceptors (Lipinski definition) is 9. The minimum Gasteiger partial charge on any atom is -0.497 e. The van der Waals surface area contributed by atoms with Crippen LogP contribution in [-0.4, -0.2) is 112 Å². The smallest absolute Gasteiger partial charge is 0.315 e. The van der Waals surface area contributed by atoms with E-state index >= 15 is 0 Å². The lowest BCUT2D eigenvalue weighted by Gasteiger charge is -2.38. The summed E-state index contributed by atoms with van der Waals surface area (Å²) >= 11 is 0. The number of ether oxygens (including phenoxy) is 2. The highest BCUT2D eigenvalue weighted by molar-refractivity contribution is 7.89. The van der Waals surface area contributed by atoms with E-state index in [1.165, 1.54) is 50.4 Å². The normalized spacial score (nSPS) is 17.8. The van der Waals surface area contributed by atoms with E-state index in [9.17, 15) is 32.4 Å². The van der Waals surface area contributed by atoms with Crippen molar-refractivity contribution < 1.29 is 41.9 Å². The molecular weight excluding hydrogens is 741 g/mol. The van der Waals surface area contributed by atoms with Crippen molar-refractivity contribution in [3.63, 3.8) is 0 Å². The molecule has 1 aliphatic rings. The number of nitrogens with one attached hydrogen (secondary N) is 4. The van der Waals surface area contributed by atoms with Crippen molar-refractivity contribution >= 4 is 39.6 Å². The monoisotopic (exact) mass is 806 g/mol. The second-order valence-corrected chi connectivity index (χ2v) is 18.9. The number of hydrogen-bond donors (Lipinski definition) is 4. The molecule has 1 aromatic rings. The van der Waals surface area contributed by atoms with Gasteiger partial charge in [-0.05, 0) is 47.6 Å². The molecule has 1 saturated heterocycles. The van der Waals surface area contributed by atoms with Gasteiger partial charge in [-0.2, -0.15) is 4.31 Å². The summed E-state index contributed by atoms with van der Waals surface area (Å²) < 4.78 is 39.2. The van der Waals surface area contributed by atoms with Gasteiger partial charge in [0.1, 0.15) is 28.5 Å². The van der Waals surface area contributed by atoms with Gasteiger partial charge in [-0.25, -0.2) is 13.2 Å². The number of carbonyl (C=O) groups excluding carboxylic acids is 5. The quantitative estimate of drug-likeness (QED) is 0.119. The maximum Gasteiger partial charge on any atom is 0.315 e. The van der Waals surface area contributed by atoms with E-state index in [1.807, 2.05) is 41.5 Å². The van der Waals surface area contributed by atoms with Crippen LogP contribution in [0.2, 0.25) is 0 Å². The molecule has 1 heterocycles. The summed E-state index contributed by atoms with van der Waals surface area (Å²) in [5, 5.41) is 11.0. The summed E-state index contributed by atoms with van der Waals surface area (Å²) in [6.45, 7) is 20.6. The summed E-state index contributed by atoms with van der Waals surface area (Å²) in [4.78, 5) is 69.7. The summed E-state index contributed by atoms with van der Waals surface area (Å²) in [7, 11) is 0.150. The zero-order chi connectivity index (χ0) is 42.8. The van der Waals surface area contributed by atoms with Crippen molar-refractivity contribution in [3.8, 4) is 11.5 Å². The molecule has 0 saturated carbocycles. The Morgan fingerprint density at radius 2 is 1.64 bits per heavy atom. The van der Waals surface area contributed by atoms with E-state index in [0.717, 1.165) is 10.7 Å². The van der Waals surface area contributed by atoms with Gasteiger partial charge in [0, 0.05) is 38.8 Å². The predicted molar refractivity (Wildman–Crippen MR) is 216 cm³/mol. The number of carbonyl (C=O) groups is 5. The van der Waals surface area contributed by atoms with Crippen molar-refractivity contribution in [2.75, 3.05) is 40.9 Å². The van der Waals surface area contributed by atoms with Crippen LogP contribution in [0.4, 0.5) is 4.79 Å². The fourth-order valence-electron chi connectivity index (χ4n) is 6.63. The molecule has 5 atom stereocenters. The molecule has 16 heteroatoms. The summed E-state index contributed by atoms with van der Waals surface area (Å²) in [6, 6.07) is -0.160. The number of sulfonamides is 1. The third kappa shape index (κ3) is 12.4. The van der Waals surface area contributed by atoms with Crippen LogP contribution >= 0.6 is 0 Å². The van der Waals surface area contributed by atoms with E-state index < -0.39 is 74.6 Å². The van der Waals surface area contributed by atoms with Crippen molar-refractivity contribution in [2.45, 2.75) is 117 Å². The van der Waals surface area contributed by atoms with Gasteiger partial charge in [0.25, 0.3) is 5.91 Å². The van der Waals surface area contributed by atoms with Crippen molar-refractivity contribution in [1.82, 2.24) is 30.5 Å². The lowest BCUT2D eigenvalue weighted by molar-refractivity contribution is -0.144. The largest absolute Gasteiger partial charge is 0.497 e. The number of methoxy groups -OCH3 is 2. The Morgan fingerprint density at radius 1 is 1.00 bits per heavy atom. The van der Waals surface area contributed by atoms with E-state index in [4.69, 9.17) is 9.47 Å². The molecule has 0 aromatic heterocycles. The molecule has 0 bridgehead atoms. The highest BCUT2D eigenvalue weighted by atomic mass is 32.2. The second-order valence-electron chi connectivity index (χ2n) is 16.9. The van der Waals surface area contributed by atoms with E-state index in [-0.39, 0.29) is 48.5 Å². The van der Waals surface area contributed by atoms with Crippen molar-refractivity contribution in [1.29, 1.82) is 0 Å². The number of Topliss-reactive ketones (excluding diaryl/α,β-unsaturated/α-hetero) is 1. The number of likely N-dealkylation sites (tertiary alicyclic amines) is 1. The zero-order valence-electron chi connectivity index (χ0n) is 35.4. The van der Waals surface area contributed by atoms with Crippen LogP contribution in [0.15, 0.2) is 35.7 Å². The number of nitrogens with zero attached hydrogens (tertiary/aromatic N) is 2. The molecule has 0 radical (unpaired) electrons. The Balaban J connectivity index is 2.39. The maximum absolute atomic E-state index is 14.5. The van der Waals surface area contributed by atoms with Crippen LogP contribution in [0.5, 0.6) is 11.5 Å². The van der Waals surface area contributed by atoms with Gasteiger partial charge in [0.2, 0.25) is 27.6 Å². The molecule has 0 spiro atoms. The average molecular weight is 807 g/mol. The standard InChI is InChI=1S/C40H66N6O9S/c1-14-16-17-28(33(47)36(49)41-21-15-2)42-35(48)32-27(25(3)4)20-22-46(32)37(50)34(40(8,9)10)44-38(51)43-31(39(5,6)7)24-45(11)56(52,53)30-19-18-26(54-12)23-29(30)55-13/h15,18-19,23,25,27-28,31-32,34H,2,14,16-17,20-22,24H2,1,3-13H3,(H,41,49)(H,42,48)(H2,43,44,51)/t27-,28?,31-,32+,34-/m1/s1. The van der Waals surface area contributed by atoms with Gasteiger partial charge in [0.15, 0.2) is 0 Å². The van der Waals surface area contributed by atoms with E-state index in [1.54, 1.807) is 20.8 Å². The van der Waals surface area contributed by atoms with Gasteiger partial charge in [-0.1, -0.05) is 81.2 Å². The molecule has 316 valence electrons. The molecule has 1 aromatic carbocycles. The third-order valence-electron chi connectivity index (χ3n) is 10.2. The Kier molecular flexibility index (Phi) is 17.4. The Labute approximate surface area is 334 Å². The number of benzene rings is 1. The van der Waals surface area contributed by atoms with E-state index in [2.05, 4.69) is 27.8 Å². The van der Waals surface area contributed by atoms with Gasteiger partial charge < -0.3 is 35.6 Å². The summed E-state index contributed by atoms with van der Waals surface area (Å²) in [6.07, 6.45) is 3.54. The lowest BCUT2D eigenvalue weighted by Crippen LogP contribution is -2.62. The van der Waals surface area contributed by atoms with Crippen LogP contribution in [-0.2, 0) is 29.2 Å². The fraction of sp³-hybridized carbons (Fsp3) is 0.675. The third-order valence-corrected chi connectivity index (χ3v) is 12.1. The van der Waals surface area contributed by atoms with Crippen molar-refractivity contribution in [3.05, 3.63) is 30.9 Å². The van der Waals surface area contributed by atoms with Crippen LogP contribution in [0.3, 0.4) is 0 Å². The first-order chi connectivity index (χ1) is 26.0. The number of ketones is 1. The molecule has 1 unspecified atom stereocenters. The van der Waals surface area contributed by atoms with Crippen LogP contribution in [0.25, 0.3) is 0 Å². The molecule has 15 nitrogen and oxygen atoms in total. The number of urea groups is 1. The fourth-order valence-corrected chi connectivity index (χ4v) is 7.95. The predicted octanol–water partition coefficient (Wildman–Crippen LogP) is 3.87. The Morgan fingerprint density at radius 3 is 2.16 bits per heavy atom. The van der Waals surface area contributed by atoms with Crippen LogP contribution < -0.4 is 30.7 Å². The van der Waals surface area contributed by atoms with Gasteiger partial charge in [0.05, 0.1) is 20.3 Å². The Bertz CT molecular complexity index is 1670. The first-order valence-electron chi connectivity index (χ1n) is 19.2. The lowest BCUT2D eigenvalue weighted by atomic mass is 9.84. The molecule has 2 rings (SSSR count). The molecule has 5 amide bonds. The highest BCUT2D eigenvalue weighted by Crippen LogP contribution is 2.34. The highest BCUT2D eigenvalue weighted by Gasteiger charge is 2.48. The molecule has 4 N–H and O–H groups in total. The average Bonchev–Trinajstić information content (AvgIpc) is 3.58. The van der Waals surface area contributed by atoms with Crippen LogP contribution in [0, 0.1) is 22.7 Å². The zero-order valence-corrected chi connectivity index (χ0v) is 36.2. The topological polar surface area (TPSA) is 193 Å². The van der Waals surface area contributed by atoms with E-state index in [0.29, 0.717) is 18.6 Å². The number of amides is 5. The molecule has 1 aliphatic heterocycles. The minimum absolute atomic E-state index is 0.00715. The SMILES string of the molecule is C=CCNC(=O)C(=O)C(CCCC)NC(=O)[C@@H]1[C@@H](C(C)C)CCN1C(=O)[C@@H](NC(=O)N[C@H](CN(C)S(=O)(=O)c1ccc(OC)cc1OC)C(C)(C)C)C(C)(C)C. The minimum atomic E-state index is -4.09. The maximum atomic E-state index is 14.5. The summed E-state index contributed by atoms with van der Waals surface area (Å²) in [5.74, 6) is -2.35. The first kappa shape index (κ1) is 48.0. The number of rotatable bonds is 19. The number of likely N-dealkylation sites (N-methyl/N-ethyl adjacent to an activating group) is 1. The Hall–Kier alpha value is -4.18. The second kappa shape index (κ2) is 20.3. The van der Waals surface area contributed by atoms with Gasteiger partial charge in [-0.15, -0.1) is 6.58 Å². The number of unbranched alkanes of at least 4 members (excludes halogenated alkanes) is 1. The summed E-state index contributed by atoms with van der Waals surface area (Å²) in [5.41, 5.74) is -1.46. The first-order valence-corrected chi connectivity index (χ1v) is 20.7. The van der Waals surface area contributed by atoms with Gasteiger partial charge >= 0.3 is 6.03 Å². The van der Waals surface area contributed by atoms with Gasteiger partial charge in [-0.3, -0.25) is 19.2 Å². The molecule has 56 heavy (non-hydrogen) atoms. The molecular formula is C40H66N6O9S.